The standard InChI is InChI=1S/C19H36O/c1-2-3-4-5-6-7-8-9-10-11-12-13-14-15-16-17-18-19-20/h4-5,19H,2-3,6-18H2,1H3/b5-4+. The molecule has 0 aromatic heterocycles. The van der Waals surface area contributed by atoms with Crippen LogP contribution in [-0.4, -0.2) is 6.29 Å². The van der Waals surface area contributed by atoms with Crippen LogP contribution < -0.4 is 0 Å². The van der Waals surface area contributed by atoms with Gasteiger partial charge in [0.1, 0.15) is 6.29 Å². The van der Waals surface area contributed by atoms with Crippen LogP contribution in [0.25, 0.3) is 0 Å². The average Bonchev–Trinajstić information content (AvgIpc) is 2.47. The molecule has 0 bridgehead atoms. The lowest BCUT2D eigenvalue weighted by Gasteiger charge is -2.02. The SMILES string of the molecule is CCC/C=C/CCCCCCCCCCCCCC=O. The van der Waals surface area contributed by atoms with Crippen LogP contribution in [0.4, 0.5) is 0 Å². The first-order valence-electron chi connectivity index (χ1n) is 9.00. The lowest BCUT2D eigenvalue weighted by Crippen LogP contribution is -1.83. The second kappa shape index (κ2) is 18.4. The van der Waals surface area contributed by atoms with Crippen LogP contribution in [0, 0.1) is 0 Å². The summed E-state index contributed by atoms with van der Waals surface area (Å²) in [7, 11) is 0. The molecule has 0 unspecified atom stereocenters. The van der Waals surface area contributed by atoms with Crippen LogP contribution in [0.3, 0.4) is 0 Å². The predicted octanol–water partition coefficient (Wildman–Crippen LogP) is 6.61. The molecule has 0 atom stereocenters. The molecule has 1 nitrogen and oxygen atoms in total. The highest BCUT2D eigenvalue weighted by Gasteiger charge is 1.93. The Morgan fingerprint density at radius 2 is 0.950 bits per heavy atom. The summed E-state index contributed by atoms with van der Waals surface area (Å²) in [5.74, 6) is 0. The second-order valence-corrected chi connectivity index (χ2v) is 5.89. The van der Waals surface area contributed by atoms with Crippen LogP contribution >= 0.6 is 0 Å². The molecular formula is C19H36O. The Kier molecular flexibility index (Phi) is 17.9. The van der Waals surface area contributed by atoms with Gasteiger partial charge in [0, 0.05) is 6.42 Å². The number of rotatable bonds is 16. The van der Waals surface area contributed by atoms with E-state index >= 15 is 0 Å². The Hall–Kier alpha value is -0.590. The van der Waals surface area contributed by atoms with Crippen LogP contribution in [0.2, 0.25) is 0 Å². The second-order valence-electron chi connectivity index (χ2n) is 5.89. The van der Waals surface area contributed by atoms with Crippen molar-refractivity contribution < 1.29 is 4.79 Å². The molecule has 0 amide bonds. The van der Waals surface area contributed by atoms with E-state index in [2.05, 4.69) is 19.1 Å². The molecule has 0 rings (SSSR count). The number of hydrogen-bond acceptors (Lipinski definition) is 1. The summed E-state index contributed by atoms with van der Waals surface area (Å²) in [6, 6.07) is 0. The molecule has 0 aromatic rings. The Balaban J connectivity index is 2.97. The van der Waals surface area contributed by atoms with Gasteiger partial charge in [-0.1, -0.05) is 83.3 Å². The zero-order valence-electron chi connectivity index (χ0n) is 13.7. The molecule has 0 aromatic carbocycles. The van der Waals surface area contributed by atoms with Gasteiger partial charge in [-0.3, -0.25) is 0 Å². The van der Waals surface area contributed by atoms with Gasteiger partial charge in [0.05, 0.1) is 0 Å². The van der Waals surface area contributed by atoms with Crippen molar-refractivity contribution in [1.82, 2.24) is 0 Å². The number of aldehydes is 1. The summed E-state index contributed by atoms with van der Waals surface area (Å²) in [5, 5.41) is 0. The Morgan fingerprint density at radius 1 is 0.550 bits per heavy atom. The molecule has 0 aliphatic carbocycles. The molecule has 0 aliphatic heterocycles. The van der Waals surface area contributed by atoms with Crippen LogP contribution in [0.5, 0.6) is 0 Å². The number of hydrogen-bond donors (Lipinski definition) is 0. The first-order chi connectivity index (χ1) is 9.91. The van der Waals surface area contributed by atoms with Gasteiger partial charge in [0.2, 0.25) is 0 Å². The quantitative estimate of drug-likeness (QED) is 0.176. The van der Waals surface area contributed by atoms with Gasteiger partial charge < -0.3 is 4.79 Å². The van der Waals surface area contributed by atoms with Crippen molar-refractivity contribution in [2.24, 2.45) is 0 Å². The van der Waals surface area contributed by atoms with Crippen molar-refractivity contribution in [3.63, 3.8) is 0 Å². The average molecular weight is 280 g/mol. The van der Waals surface area contributed by atoms with Gasteiger partial charge in [-0.15, -0.1) is 0 Å². The summed E-state index contributed by atoms with van der Waals surface area (Å²) in [5.41, 5.74) is 0. The highest BCUT2D eigenvalue weighted by Crippen LogP contribution is 2.12. The first kappa shape index (κ1) is 19.4. The van der Waals surface area contributed by atoms with Crippen molar-refractivity contribution in [2.45, 2.75) is 103 Å². The van der Waals surface area contributed by atoms with E-state index in [9.17, 15) is 4.79 Å². The molecule has 0 fully saturated rings. The van der Waals surface area contributed by atoms with Gasteiger partial charge in [-0.25, -0.2) is 0 Å². The Labute approximate surface area is 127 Å². The Morgan fingerprint density at radius 3 is 1.40 bits per heavy atom. The number of allylic oxidation sites excluding steroid dienone is 2. The lowest BCUT2D eigenvalue weighted by molar-refractivity contribution is -0.107. The van der Waals surface area contributed by atoms with Crippen molar-refractivity contribution in [1.29, 1.82) is 0 Å². The Bertz CT molecular complexity index is 208. The first-order valence-corrected chi connectivity index (χ1v) is 9.00. The van der Waals surface area contributed by atoms with E-state index < -0.39 is 0 Å². The van der Waals surface area contributed by atoms with Gasteiger partial charge in [0.15, 0.2) is 0 Å². The van der Waals surface area contributed by atoms with Crippen molar-refractivity contribution >= 4 is 6.29 Å². The third-order valence-electron chi connectivity index (χ3n) is 3.81. The fourth-order valence-electron chi connectivity index (χ4n) is 2.48. The number of unbranched alkanes of at least 4 members (excludes halogenated alkanes) is 13. The smallest absolute Gasteiger partial charge is 0.119 e. The molecule has 0 spiro atoms. The monoisotopic (exact) mass is 280 g/mol. The lowest BCUT2D eigenvalue weighted by atomic mass is 10.0. The van der Waals surface area contributed by atoms with Crippen LogP contribution in [0.15, 0.2) is 12.2 Å². The highest BCUT2D eigenvalue weighted by atomic mass is 16.1. The molecule has 0 saturated carbocycles. The van der Waals surface area contributed by atoms with E-state index in [1.54, 1.807) is 0 Å². The van der Waals surface area contributed by atoms with Crippen molar-refractivity contribution in [3.8, 4) is 0 Å². The molecule has 0 saturated heterocycles. The maximum absolute atomic E-state index is 10.1. The van der Waals surface area contributed by atoms with Gasteiger partial charge in [0.25, 0.3) is 0 Å². The van der Waals surface area contributed by atoms with Gasteiger partial charge in [-0.05, 0) is 25.7 Å². The van der Waals surface area contributed by atoms with Crippen LogP contribution in [-0.2, 0) is 4.79 Å². The molecule has 1 heteroatoms. The maximum atomic E-state index is 10.1. The number of carbonyl (C=O) groups excluding carboxylic acids is 1. The minimum Gasteiger partial charge on any atom is -0.303 e. The van der Waals surface area contributed by atoms with E-state index in [0.29, 0.717) is 0 Å². The molecule has 20 heavy (non-hydrogen) atoms. The minimum absolute atomic E-state index is 0.758. The molecule has 0 aliphatic rings. The van der Waals surface area contributed by atoms with Gasteiger partial charge in [-0.2, -0.15) is 0 Å². The van der Waals surface area contributed by atoms with E-state index in [0.717, 1.165) is 19.1 Å². The maximum Gasteiger partial charge on any atom is 0.119 e. The third-order valence-corrected chi connectivity index (χ3v) is 3.81. The summed E-state index contributed by atoms with van der Waals surface area (Å²) >= 11 is 0. The fourth-order valence-corrected chi connectivity index (χ4v) is 2.48. The van der Waals surface area contributed by atoms with E-state index in [4.69, 9.17) is 0 Å². The summed E-state index contributed by atoms with van der Waals surface area (Å²) < 4.78 is 0. The van der Waals surface area contributed by atoms with Crippen LogP contribution in [0.1, 0.15) is 103 Å². The number of carbonyl (C=O) groups is 1. The zero-order chi connectivity index (χ0) is 14.7. The molecule has 0 heterocycles. The normalized spacial score (nSPS) is 11.2. The predicted molar refractivity (Wildman–Crippen MR) is 90.1 cm³/mol. The molecule has 0 radical (unpaired) electrons. The largest absolute Gasteiger partial charge is 0.303 e. The highest BCUT2D eigenvalue weighted by molar-refractivity contribution is 5.48. The molecule has 118 valence electrons. The van der Waals surface area contributed by atoms with Crippen molar-refractivity contribution in [3.05, 3.63) is 12.2 Å². The summed E-state index contributed by atoms with van der Waals surface area (Å²) in [6.45, 7) is 2.23. The fraction of sp³-hybridized carbons (Fsp3) is 0.842. The van der Waals surface area contributed by atoms with Gasteiger partial charge >= 0.3 is 0 Å². The van der Waals surface area contributed by atoms with E-state index in [1.807, 2.05) is 0 Å². The summed E-state index contributed by atoms with van der Waals surface area (Å²) in [4.78, 5) is 10.1. The zero-order valence-corrected chi connectivity index (χ0v) is 13.7. The minimum atomic E-state index is 0.758. The van der Waals surface area contributed by atoms with E-state index in [1.165, 1.54) is 83.5 Å². The third kappa shape index (κ3) is 17.4. The topological polar surface area (TPSA) is 17.1 Å². The van der Waals surface area contributed by atoms with E-state index in [-0.39, 0.29) is 0 Å². The van der Waals surface area contributed by atoms with Crippen molar-refractivity contribution in [2.75, 3.05) is 0 Å². The molecular weight excluding hydrogens is 244 g/mol. The molecule has 0 N–H and O–H groups in total. The summed E-state index contributed by atoms with van der Waals surface area (Å²) in [6.07, 6.45) is 25.1.